The summed E-state index contributed by atoms with van der Waals surface area (Å²) in [5.41, 5.74) is 3.65. The lowest BCUT2D eigenvalue weighted by Crippen LogP contribution is -2.41. The first kappa shape index (κ1) is 26.5. The van der Waals surface area contributed by atoms with Crippen molar-refractivity contribution >= 4 is 23.2 Å². The molecule has 0 bridgehead atoms. The third kappa shape index (κ3) is 7.19. The lowest BCUT2D eigenvalue weighted by molar-refractivity contribution is -0.140. The Morgan fingerprint density at radius 1 is 1.17 bits per heavy atom. The van der Waals surface area contributed by atoms with E-state index in [9.17, 15) is 4.79 Å². The highest BCUT2D eigenvalue weighted by molar-refractivity contribution is 5.76. The number of nitrogens with zero attached hydrogens (tertiary/aromatic N) is 3. The SMILES string of the molecule is COC(=O)C[C@@H](C)c1ccc(N(CC(C)C)[C@H]2CC[C@@H](OC)CC2)c(Nc2ccc(C#N)cn2)c1. The van der Waals surface area contributed by atoms with Crippen molar-refractivity contribution in [2.75, 3.05) is 31.0 Å². The van der Waals surface area contributed by atoms with Crippen LogP contribution in [-0.4, -0.2) is 43.9 Å². The van der Waals surface area contributed by atoms with Crippen LogP contribution in [0.15, 0.2) is 36.5 Å². The number of carbonyl (C=O) groups is 1. The van der Waals surface area contributed by atoms with E-state index in [0.717, 1.165) is 49.2 Å². The molecule has 1 saturated carbocycles. The van der Waals surface area contributed by atoms with Crippen LogP contribution in [0.1, 0.15) is 69.9 Å². The highest BCUT2D eigenvalue weighted by atomic mass is 16.5. The largest absolute Gasteiger partial charge is 0.469 e. The molecule has 1 aliphatic rings. The number of pyridine rings is 1. The van der Waals surface area contributed by atoms with E-state index in [1.807, 2.05) is 13.0 Å². The number of rotatable bonds is 10. The average Bonchev–Trinajstić information content (AvgIpc) is 2.87. The van der Waals surface area contributed by atoms with Crippen molar-refractivity contribution in [2.24, 2.45) is 5.92 Å². The Hall–Kier alpha value is -3.11. The molecule has 188 valence electrons. The molecule has 7 heteroatoms. The van der Waals surface area contributed by atoms with E-state index in [4.69, 9.17) is 14.7 Å². The molecule has 2 aromatic rings. The minimum Gasteiger partial charge on any atom is -0.469 e. The number of aromatic nitrogens is 1. The molecule has 1 atom stereocenters. The van der Waals surface area contributed by atoms with Crippen molar-refractivity contribution in [3.63, 3.8) is 0 Å². The molecule has 1 heterocycles. The molecule has 3 rings (SSSR count). The van der Waals surface area contributed by atoms with E-state index >= 15 is 0 Å². The molecular weight excluding hydrogens is 440 g/mol. The normalized spacial score (nSPS) is 18.5. The zero-order valence-corrected chi connectivity index (χ0v) is 21.6. The van der Waals surface area contributed by atoms with Gasteiger partial charge in [0.2, 0.25) is 0 Å². The number of carbonyl (C=O) groups excluding carboxylic acids is 1. The fourth-order valence-corrected chi connectivity index (χ4v) is 4.76. The summed E-state index contributed by atoms with van der Waals surface area (Å²) in [6.45, 7) is 7.47. The molecule has 0 unspecified atom stereocenters. The highest BCUT2D eigenvalue weighted by Crippen LogP contribution is 2.37. The van der Waals surface area contributed by atoms with Gasteiger partial charge < -0.3 is 19.7 Å². The number of benzene rings is 1. The second-order valence-electron chi connectivity index (χ2n) is 9.84. The lowest BCUT2D eigenvalue weighted by Gasteiger charge is -2.40. The lowest BCUT2D eigenvalue weighted by atomic mass is 9.90. The first-order valence-corrected chi connectivity index (χ1v) is 12.5. The smallest absolute Gasteiger partial charge is 0.306 e. The van der Waals surface area contributed by atoms with Crippen LogP contribution >= 0.6 is 0 Å². The van der Waals surface area contributed by atoms with Gasteiger partial charge in [-0.15, -0.1) is 0 Å². The monoisotopic (exact) mass is 478 g/mol. The first-order chi connectivity index (χ1) is 16.8. The van der Waals surface area contributed by atoms with Crippen molar-refractivity contribution in [3.05, 3.63) is 47.7 Å². The van der Waals surface area contributed by atoms with Crippen molar-refractivity contribution in [2.45, 2.75) is 70.9 Å². The number of nitriles is 1. The van der Waals surface area contributed by atoms with Crippen LogP contribution in [0.2, 0.25) is 0 Å². The fourth-order valence-electron chi connectivity index (χ4n) is 4.76. The van der Waals surface area contributed by atoms with Crippen LogP contribution in [0.25, 0.3) is 0 Å². The van der Waals surface area contributed by atoms with Gasteiger partial charge in [-0.2, -0.15) is 5.26 Å². The molecular formula is C28H38N4O3. The van der Waals surface area contributed by atoms with Crippen molar-refractivity contribution in [1.29, 1.82) is 5.26 Å². The van der Waals surface area contributed by atoms with Gasteiger partial charge in [0.05, 0.1) is 36.6 Å². The number of hydrogen-bond donors (Lipinski definition) is 1. The van der Waals surface area contributed by atoms with Gasteiger partial charge in [0.15, 0.2) is 0 Å². The van der Waals surface area contributed by atoms with Gasteiger partial charge >= 0.3 is 5.97 Å². The van der Waals surface area contributed by atoms with Gasteiger partial charge in [-0.05, 0) is 67.3 Å². The van der Waals surface area contributed by atoms with E-state index in [-0.39, 0.29) is 11.9 Å². The second kappa shape index (κ2) is 12.6. The fraction of sp³-hybridized carbons (Fsp3) is 0.536. The summed E-state index contributed by atoms with van der Waals surface area (Å²) >= 11 is 0. The summed E-state index contributed by atoms with van der Waals surface area (Å²) in [6, 6.07) is 12.5. The number of anilines is 3. The second-order valence-corrected chi connectivity index (χ2v) is 9.84. The minimum absolute atomic E-state index is 0.0154. The van der Waals surface area contributed by atoms with Crippen LogP contribution < -0.4 is 10.2 Å². The predicted octanol–water partition coefficient (Wildman–Crippen LogP) is 5.78. The van der Waals surface area contributed by atoms with Gasteiger partial charge in [0, 0.05) is 25.9 Å². The summed E-state index contributed by atoms with van der Waals surface area (Å²) in [5, 5.41) is 12.6. The Balaban J connectivity index is 1.98. The van der Waals surface area contributed by atoms with E-state index in [2.05, 4.69) is 53.3 Å². The van der Waals surface area contributed by atoms with Crippen molar-refractivity contribution < 1.29 is 14.3 Å². The maximum atomic E-state index is 11.9. The third-order valence-electron chi connectivity index (χ3n) is 6.73. The third-order valence-corrected chi connectivity index (χ3v) is 6.73. The molecule has 1 N–H and O–H groups in total. The Labute approximate surface area is 209 Å². The van der Waals surface area contributed by atoms with Crippen molar-refractivity contribution in [1.82, 2.24) is 4.98 Å². The Kier molecular flexibility index (Phi) is 9.50. The molecule has 0 saturated heterocycles. The molecule has 1 aromatic heterocycles. The Morgan fingerprint density at radius 2 is 1.91 bits per heavy atom. The Morgan fingerprint density at radius 3 is 2.49 bits per heavy atom. The van der Waals surface area contributed by atoms with Gasteiger partial charge in [0.1, 0.15) is 11.9 Å². The summed E-state index contributed by atoms with van der Waals surface area (Å²) in [5.74, 6) is 0.965. The molecule has 7 nitrogen and oxygen atoms in total. The number of esters is 1. The summed E-state index contributed by atoms with van der Waals surface area (Å²) in [4.78, 5) is 18.9. The maximum absolute atomic E-state index is 11.9. The van der Waals surface area contributed by atoms with E-state index in [1.165, 1.54) is 7.11 Å². The van der Waals surface area contributed by atoms with E-state index in [1.54, 1.807) is 19.4 Å². The van der Waals surface area contributed by atoms with Crippen LogP contribution in [0.3, 0.4) is 0 Å². The molecule has 0 aliphatic heterocycles. The molecule has 1 aliphatic carbocycles. The van der Waals surface area contributed by atoms with Gasteiger partial charge in [-0.3, -0.25) is 4.79 Å². The average molecular weight is 479 g/mol. The van der Waals surface area contributed by atoms with Gasteiger partial charge in [-0.25, -0.2) is 4.98 Å². The van der Waals surface area contributed by atoms with Gasteiger partial charge in [0.25, 0.3) is 0 Å². The number of hydrogen-bond acceptors (Lipinski definition) is 7. The topological polar surface area (TPSA) is 87.5 Å². The van der Waals surface area contributed by atoms with E-state index < -0.39 is 0 Å². The molecule has 0 radical (unpaired) electrons. The van der Waals surface area contributed by atoms with Crippen LogP contribution in [0.5, 0.6) is 0 Å². The molecule has 1 aromatic carbocycles. The van der Waals surface area contributed by atoms with E-state index in [0.29, 0.717) is 35.9 Å². The highest BCUT2D eigenvalue weighted by Gasteiger charge is 2.28. The maximum Gasteiger partial charge on any atom is 0.306 e. The minimum atomic E-state index is -0.221. The Bertz CT molecular complexity index is 1010. The molecule has 35 heavy (non-hydrogen) atoms. The number of nitrogens with one attached hydrogen (secondary N) is 1. The predicted molar refractivity (Wildman–Crippen MR) is 139 cm³/mol. The summed E-state index contributed by atoms with van der Waals surface area (Å²) in [6.07, 6.45) is 6.52. The standard InChI is InChI=1S/C28H38N4O3/c1-19(2)18-32(23-8-10-24(34-4)11-9-23)26-12-7-22(20(3)14-28(33)35-5)15-25(26)31-27-13-6-21(16-29)17-30-27/h6-7,12-13,15,17,19-20,23-24H,8-11,14,18H2,1-5H3,(H,30,31)/t20-,23-,24+/m1/s1. The van der Waals surface area contributed by atoms with Crippen LogP contribution in [0.4, 0.5) is 17.2 Å². The zero-order valence-electron chi connectivity index (χ0n) is 21.6. The molecule has 0 amide bonds. The first-order valence-electron chi connectivity index (χ1n) is 12.5. The van der Waals surface area contributed by atoms with Crippen LogP contribution in [-0.2, 0) is 14.3 Å². The zero-order chi connectivity index (χ0) is 25.4. The summed E-state index contributed by atoms with van der Waals surface area (Å²) < 4.78 is 10.5. The summed E-state index contributed by atoms with van der Waals surface area (Å²) in [7, 11) is 3.22. The molecule has 1 fully saturated rings. The van der Waals surface area contributed by atoms with Crippen molar-refractivity contribution in [3.8, 4) is 6.07 Å². The number of ether oxygens (including phenoxy) is 2. The van der Waals surface area contributed by atoms with Gasteiger partial charge in [-0.1, -0.05) is 26.8 Å². The quantitative estimate of drug-likeness (QED) is 0.433. The molecule has 0 spiro atoms. The number of methoxy groups -OCH3 is 2. The van der Waals surface area contributed by atoms with Crippen LogP contribution in [0, 0.1) is 17.2 Å².